The number of carboxylic acids is 1. The van der Waals surface area contributed by atoms with Gasteiger partial charge in [0.2, 0.25) is 0 Å². The first-order valence-corrected chi connectivity index (χ1v) is 26.0. The van der Waals surface area contributed by atoms with Crippen LogP contribution in [0, 0.1) is 0 Å². The SMILES string of the molecule is CC/C=C\C/C=C\C/C=C\C/C=C\C/C=C\C/C=C\CCCCCCCCCCCCC(=O)OC(COC(=O)CCCCC/C=C\C/C=C\C/C=C\CC)COC(OCC[N+](C)(C)C)C(=O)[O-]. The number of likely N-dealkylation sites (N-methyl/N-ethyl adjacent to an activating group) is 1. The zero-order valence-corrected chi connectivity index (χ0v) is 43.0. The minimum absolute atomic E-state index is 0.136. The number of ether oxygens (including phenoxy) is 4. The number of hydrogen-bond acceptors (Lipinski definition) is 8. The molecule has 0 saturated heterocycles. The van der Waals surface area contributed by atoms with Gasteiger partial charge in [0.05, 0.1) is 40.3 Å². The summed E-state index contributed by atoms with van der Waals surface area (Å²) in [7, 11) is 5.89. The van der Waals surface area contributed by atoms with Crippen molar-refractivity contribution in [1.29, 1.82) is 0 Å². The number of carbonyl (C=O) groups excluding carboxylic acids is 3. The number of allylic oxidation sites excluding steroid dienone is 18. The highest BCUT2D eigenvalue weighted by atomic mass is 16.7. The number of aliphatic carboxylic acids is 1. The largest absolute Gasteiger partial charge is 0.545 e. The molecule has 0 rings (SSSR count). The lowest BCUT2D eigenvalue weighted by molar-refractivity contribution is -0.870. The Balaban J connectivity index is 4.29. The Morgan fingerprint density at radius 3 is 1.21 bits per heavy atom. The quantitative estimate of drug-likeness (QED) is 0.0195. The van der Waals surface area contributed by atoms with Crippen molar-refractivity contribution in [3.63, 3.8) is 0 Å². The first kappa shape index (κ1) is 63.0. The van der Waals surface area contributed by atoms with Gasteiger partial charge in [0, 0.05) is 12.8 Å². The minimum Gasteiger partial charge on any atom is -0.545 e. The molecule has 0 fully saturated rings. The summed E-state index contributed by atoms with van der Waals surface area (Å²) >= 11 is 0. The van der Waals surface area contributed by atoms with E-state index in [9.17, 15) is 19.5 Å². The molecule has 380 valence electrons. The van der Waals surface area contributed by atoms with Crippen molar-refractivity contribution in [3.05, 3.63) is 109 Å². The second kappa shape index (κ2) is 48.4. The third-order valence-electron chi connectivity index (χ3n) is 10.5. The Morgan fingerprint density at radius 2 is 0.806 bits per heavy atom. The van der Waals surface area contributed by atoms with E-state index < -0.39 is 30.3 Å². The van der Waals surface area contributed by atoms with Crippen molar-refractivity contribution in [3.8, 4) is 0 Å². The van der Waals surface area contributed by atoms with Crippen LogP contribution in [0.2, 0.25) is 0 Å². The maximum absolute atomic E-state index is 12.8. The van der Waals surface area contributed by atoms with Gasteiger partial charge in [0.25, 0.3) is 0 Å². The van der Waals surface area contributed by atoms with Crippen LogP contribution in [0.25, 0.3) is 0 Å². The van der Waals surface area contributed by atoms with E-state index in [1.165, 1.54) is 38.5 Å². The number of carboxylic acid groups (broad SMARTS) is 1. The third kappa shape index (κ3) is 49.7. The summed E-state index contributed by atoms with van der Waals surface area (Å²) in [6.45, 7) is 4.45. The maximum Gasteiger partial charge on any atom is 0.306 e. The summed E-state index contributed by atoms with van der Waals surface area (Å²) < 4.78 is 22.6. The molecule has 0 heterocycles. The fourth-order valence-electron chi connectivity index (χ4n) is 6.55. The highest BCUT2D eigenvalue weighted by Gasteiger charge is 2.21. The van der Waals surface area contributed by atoms with Crippen LogP contribution in [0.5, 0.6) is 0 Å². The highest BCUT2D eigenvalue weighted by molar-refractivity contribution is 5.70. The third-order valence-corrected chi connectivity index (χ3v) is 10.5. The summed E-state index contributed by atoms with van der Waals surface area (Å²) in [4.78, 5) is 37.1. The topological polar surface area (TPSA) is 111 Å². The standard InChI is InChI=1S/C58H95NO8/c1-6-8-10-12-14-16-18-20-21-22-23-24-25-26-27-28-29-30-31-32-33-34-35-37-39-41-43-45-47-49-56(61)67-54(53-66-58(57(62)63)64-51-50-59(3,4)5)52-65-55(60)48-46-44-42-40-38-36-19-17-15-13-11-9-7-2/h8-11,14-17,20-21,23-24,26-27,29-30,36,38,54,58H,6-7,12-13,18-19,22,25,28,31-35,37,39-53H2,1-5H3/b10-8-,11-9-,16-14-,17-15-,21-20-,24-23-,27-26-,30-29-,38-36-. The van der Waals surface area contributed by atoms with Gasteiger partial charge in [-0.1, -0.05) is 181 Å². The van der Waals surface area contributed by atoms with Crippen molar-refractivity contribution in [2.24, 2.45) is 0 Å². The lowest BCUT2D eigenvalue weighted by Gasteiger charge is -2.26. The molecule has 2 atom stereocenters. The van der Waals surface area contributed by atoms with Gasteiger partial charge in [0.1, 0.15) is 13.2 Å². The number of unbranched alkanes of at least 4 members (excludes halogenated alkanes) is 13. The number of quaternary nitrogens is 1. The second-order valence-electron chi connectivity index (χ2n) is 18.0. The number of hydrogen-bond donors (Lipinski definition) is 0. The number of esters is 2. The zero-order valence-electron chi connectivity index (χ0n) is 43.0. The summed E-state index contributed by atoms with van der Waals surface area (Å²) in [5, 5.41) is 11.7. The van der Waals surface area contributed by atoms with Crippen LogP contribution >= 0.6 is 0 Å². The number of rotatable bonds is 46. The van der Waals surface area contributed by atoms with Gasteiger partial charge < -0.3 is 33.3 Å². The fourth-order valence-corrected chi connectivity index (χ4v) is 6.55. The van der Waals surface area contributed by atoms with Gasteiger partial charge in [-0.25, -0.2) is 0 Å². The summed E-state index contributed by atoms with van der Waals surface area (Å²) in [6.07, 6.45) is 62.8. The molecule has 0 N–H and O–H groups in total. The van der Waals surface area contributed by atoms with E-state index in [0.29, 0.717) is 23.9 Å². The van der Waals surface area contributed by atoms with Crippen LogP contribution in [0.15, 0.2) is 109 Å². The Hall–Kier alpha value is -4.05. The minimum atomic E-state index is -1.63. The normalized spacial score (nSPS) is 13.7. The monoisotopic (exact) mass is 934 g/mol. The molecule has 0 aliphatic carbocycles. The van der Waals surface area contributed by atoms with Gasteiger partial charge in [0.15, 0.2) is 12.4 Å². The summed E-state index contributed by atoms with van der Waals surface area (Å²) in [5.74, 6) is -2.34. The van der Waals surface area contributed by atoms with Gasteiger partial charge in [-0.2, -0.15) is 0 Å². The van der Waals surface area contributed by atoms with E-state index >= 15 is 0 Å². The molecule has 9 nitrogen and oxygen atoms in total. The van der Waals surface area contributed by atoms with Crippen molar-refractivity contribution in [1.82, 2.24) is 0 Å². The molecule has 0 aromatic heterocycles. The highest BCUT2D eigenvalue weighted by Crippen LogP contribution is 2.14. The molecule has 0 radical (unpaired) electrons. The van der Waals surface area contributed by atoms with Crippen LogP contribution in [-0.4, -0.2) is 82.3 Å². The molecule has 0 amide bonds. The van der Waals surface area contributed by atoms with Crippen molar-refractivity contribution < 1.29 is 42.9 Å². The van der Waals surface area contributed by atoms with Crippen molar-refractivity contribution >= 4 is 17.9 Å². The van der Waals surface area contributed by atoms with E-state index in [-0.39, 0.29) is 32.7 Å². The van der Waals surface area contributed by atoms with Gasteiger partial charge >= 0.3 is 11.9 Å². The zero-order chi connectivity index (χ0) is 49.2. The van der Waals surface area contributed by atoms with Crippen LogP contribution in [0.1, 0.15) is 181 Å². The molecular formula is C58H95NO8. The van der Waals surface area contributed by atoms with Crippen LogP contribution < -0.4 is 5.11 Å². The predicted octanol–water partition coefficient (Wildman–Crippen LogP) is 13.4. The smallest absolute Gasteiger partial charge is 0.306 e. The summed E-state index contributed by atoms with van der Waals surface area (Å²) in [5.41, 5.74) is 0. The molecule has 0 saturated carbocycles. The van der Waals surface area contributed by atoms with E-state index in [1.54, 1.807) is 0 Å². The van der Waals surface area contributed by atoms with Crippen molar-refractivity contribution in [2.45, 2.75) is 193 Å². The van der Waals surface area contributed by atoms with Gasteiger partial charge in [-0.3, -0.25) is 9.59 Å². The van der Waals surface area contributed by atoms with E-state index in [4.69, 9.17) is 18.9 Å². The van der Waals surface area contributed by atoms with Crippen molar-refractivity contribution in [2.75, 3.05) is 47.5 Å². The average molecular weight is 934 g/mol. The molecule has 9 heteroatoms. The van der Waals surface area contributed by atoms with Crippen LogP contribution in [-0.2, 0) is 33.3 Å². The summed E-state index contributed by atoms with van der Waals surface area (Å²) in [6, 6.07) is 0. The van der Waals surface area contributed by atoms with E-state index in [1.807, 2.05) is 21.1 Å². The Bertz CT molecular complexity index is 1460. The Labute approximate surface area is 409 Å². The molecule has 0 aromatic rings. The van der Waals surface area contributed by atoms with Crippen LogP contribution in [0.4, 0.5) is 0 Å². The first-order valence-electron chi connectivity index (χ1n) is 26.0. The van der Waals surface area contributed by atoms with Gasteiger partial charge in [-0.15, -0.1) is 0 Å². The first-order chi connectivity index (χ1) is 32.6. The maximum atomic E-state index is 12.8. The lowest BCUT2D eigenvalue weighted by atomic mass is 10.0. The fraction of sp³-hybridized carbons (Fsp3) is 0.638. The number of carbonyl (C=O) groups is 3. The number of nitrogens with zero attached hydrogens (tertiary/aromatic N) is 1. The second-order valence-corrected chi connectivity index (χ2v) is 18.0. The average Bonchev–Trinajstić information content (AvgIpc) is 3.29. The molecule has 67 heavy (non-hydrogen) atoms. The van der Waals surface area contributed by atoms with Gasteiger partial charge in [-0.05, 0) is 96.3 Å². The molecule has 0 aromatic carbocycles. The molecule has 0 aliphatic heterocycles. The van der Waals surface area contributed by atoms with Crippen LogP contribution in [0.3, 0.4) is 0 Å². The Kier molecular flexibility index (Phi) is 45.5. The van der Waals surface area contributed by atoms with E-state index in [2.05, 4.69) is 123 Å². The molecule has 2 unspecified atom stereocenters. The molecule has 0 bridgehead atoms. The predicted molar refractivity (Wildman–Crippen MR) is 278 cm³/mol. The molecule has 0 spiro atoms. The van der Waals surface area contributed by atoms with E-state index in [0.717, 1.165) is 103 Å². The molecule has 0 aliphatic rings. The Morgan fingerprint density at radius 1 is 0.448 bits per heavy atom. The lowest BCUT2D eigenvalue weighted by Crippen LogP contribution is -2.44. The molecular weight excluding hydrogens is 839 g/mol.